The van der Waals surface area contributed by atoms with E-state index in [9.17, 15) is 4.79 Å². The van der Waals surface area contributed by atoms with Gasteiger partial charge in [0.15, 0.2) is 0 Å². The molecule has 2 atom stereocenters. The second-order valence-corrected chi connectivity index (χ2v) is 8.14. The van der Waals surface area contributed by atoms with Gasteiger partial charge < -0.3 is 9.47 Å². The van der Waals surface area contributed by atoms with Crippen LogP contribution in [0.25, 0.3) is 0 Å². The van der Waals surface area contributed by atoms with Crippen LogP contribution in [0.1, 0.15) is 54.9 Å². The second-order valence-electron chi connectivity index (χ2n) is 7.32. The highest BCUT2D eigenvalue weighted by molar-refractivity contribution is 6.42. The van der Waals surface area contributed by atoms with E-state index in [1.807, 2.05) is 30.3 Å². The molecule has 2 aromatic rings. The molecule has 0 aromatic heterocycles. The molecule has 1 aliphatic heterocycles. The first-order chi connectivity index (χ1) is 13.1. The summed E-state index contributed by atoms with van der Waals surface area (Å²) in [7, 11) is 0. The SMILES string of the molecule is O=C(CC1(c2ccc(Cl)c(Cl)c2)CCCCO1)OC1CCc2ccccc21. The van der Waals surface area contributed by atoms with Gasteiger partial charge in [-0.25, -0.2) is 0 Å². The molecule has 1 fully saturated rings. The monoisotopic (exact) mass is 404 g/mol. The van der Waals surface area contributed by atoms with Crippen LogP contribution in [0.3, 0.4) is 0 Å². The number of aryl methyl sites for hydroxylation is 1. The largest absolute Gasteiger partial charge is 0.457 e. The topological polar surface area (TPSA) is 35.5 Å². The Morgan fingerprint density at radius 2 is 2.00 bits per heavy atom. The Hall–Kier alpha value is -1.55. The number of halogens is 2. The maximum atomic E-state index is 12.8. The minimum atomic E-state index is -0.693. The maximum absolute atomic E-state index is 12.8. The molecule has 2 aromatic carbocycles. The zero-order chi connectivity index (χ0) is 18.9. The number of rotatable bonds is 4. The first-order valence-electron chi connectivity index (χ1n) is 9.44. The summed E-state index contributed by atoms with van der Waals surface area (Å²) in [6, 6.07) is 13.6. The Kier molecular flexibility index (Phi) is 5.45. The van der Waals surface area contributed by atoms with Crippen LogP contribution in [0.15, 0.2) is 42.5 Å². The van der Waals surface area contributed by atoms with Gasteiger partial charge in [0.1, 0.15) is 11.7 Å². The number of carbonyl (C=O) groups is 1. The summed E-state index contributed by atoms with van der Waals surface area (Å²) in [5, 5.41) is 0.970. The Labute approximate surface area is 169 Å². The second kappa shape index (κ2) is 7.83. The lowest BCUT2D eigenvalue weighted by Gasteiger charge is -2.37. The summed E-state index contributed by atoms with van der Waals surface area (Å²) in [5.74, 6) is -0.232. The van der Waals surface area contributed by atoms with Gasteiger partial charge in [0, 0.05) is 6.61 Å². The van der Waals surface area contributed by atoms with Gasteiger partial charge >= 0.3 is 5.97 Å². The lowest BCUT2D eigenvalue weighted by molar-refractivity contribution is -0.162. The Bertz CT molecular complexity index is 843. The average Bonchev–Trinajstić information content (AvgIpc) is 3.07. The number of carbonyl (C=O) groups excluding carboxylic acids is 1. The van der Waals surface area contributed by atoms with Crippen molar-refractivity contribution < 1.29 is 14.3 Å². The third-order valence-corrected chi connectivity index (χ3v) is 6.32. The zero-order valence-electron chi connectivity index (χ0n) is 15.0. The molecule has 27 heavy (non-hydrogen) atoms. The van der Waals surface area contributed by atoms with E-state index < -0.39 is 5.60 Å². The van der Waals surface area contributed by atoms with E-state index in [-0.39, 0.29) is 18.5 Å². The van der Waals surface area contributed by atoms with E-state index >= 15 is 0 Å². The molecule has 4 rings (SSSR count). The molecule has 3 nitrogen and oxygen atoms in total. The van der Waals surface area contributed by atoms with Gasteiger partial charge in [0.25, 0.3) is 0 Å². The normalized spacial score (nSPS) is 24.4. The van der Waals surface area contributed by atoms with Gasteiger partial charge in [0.2, 0.25) is 0 Å². The predicted molar refractivity (Wildman–Crippen MR) is 106 cm³/mol. The van der Waals surface area contributed by atoms with Crippen molar-refractivity contribution in [3.63, 3.8) is 0 Å². The molecule has 5 heteroatoms. The summed E-state index contributed by atoms with van der Waals surface area (Å²) in [5.41, 5.74) is 2.59. The molecule has 0 saturated carbocycles. The van der Waals surface area contributed by atoms with Crippen LogP contribution in [-0.2, 0) is 26.3 Å². The van der Waals surface area contributed by atoms with E-state index in [0.29, 0.717) is 16.7 Å². The standard InChI is InChI=1S/C22H22Cl2O3/c23-18-9-8-16(13-19(18)24)22(11-3-4-12-26-22)14-21(25)27-20-10-7-15-5-1-2-6-17(15)20/h1-2,5-6,8-9,13,20H,3-4,7,10-12,14H2. The fourth-order valence-electron chi connectivity index (χ4n) is 4.17. The lowest BCUT2D eigenvalue weighted by Crippen LogP contribution is -2.36. The molecule has 2 aliphatic rings. The number of fused-ring (bicyclic) bond motifs is 1. The molecule has 1 saturated heterocycles. The van der Waals surface area contributed by atoms with Crippen LogP contribution < -0.4 is 0 Å². The molecule has 1 heterocycles. The van der Waals surface area contributed by atoms with Gasteiger partial charge in [-0.05, 0) is 60.9 Å². The zero-order valence-corrected chi connectivity index (χ0v) is 16.6. The number of esters is 1. The number of hydrogen-bond donors (Lipinski definition) is 0. The molecule has 2 unspecified atom stereocenters. The summed E-state index contributed by atoms with van der Waals surface area (Å²) in [4.78, 5) is 12.8. The Morgan fingerprint density at radius 1 is 1.15 bits per heavy atom. The summed E-state index contributed by atoms with van der Waals surface area (Å²) in [6.07, 6.45) is 4.57. The summed E-state index contributed by atoms with van der Waals surface area (Å²) in [6.45, 7) is 0.625. The summed E-state index contributed by atoms with van der Waals surface area (Å²) >= 11 is 12.3. The smallest absolute Gasteiger partial charge is 0.309 e. The minimum absolute atomic E-state index is 0.164. The highest BCUT2D eigenvalue weighted by Gasteiger charge is 2.39. The Morgan fingerprint density at radius 3 is 2.78 bits per heavy atom. The predicted octanol–water partition coefficient (Wildman–Crippen LogP) is 6.01. The number of ether oxygens (including phenoxy) is 2. The molecule has 0 bridgehead atoms. The van der Waals surface area contributed by atoms with Crippen molar-refractivity contribution in [1.82, 2.24) is 0 Å². The third-order valence-electron chi connectivity index (χ3n) is 5.58. The van der Waals surface area contributed by atoms with Crippen LogP contribution in [0.5, 0.6) is 0 Å². The van der Waals surface area contributed by atoms with Crippen LogP contribution in [0, 0.1) is 0 Å². The molecule has 142 valence electrons. The van der Waals surface area contributed by atoms with Crippen molar-refractivity contribution in [2.75, 3.05) is 6.61 Å². The van der Waals surface area contributed by atoms with Crippen molar-refractivity contribution in [3.05, 3.63) is 69.2 Å². The van der Waals surface area contributed by atoms with E-state index in [1.54, 1.807) is 6.07 Å². The van der Waals surface area contributed by atoms with Gasteiger partial charge in [-0.2, -0.15) is 0 Å². The highest BCUT2D eigenvalue weighted by Crippen LogP contribution is 2.42. The van der Waals surface area contributed by atoms with Gasteiger partial charge in [0.05, 0.1) is 16.5 Å². The molecule has 0 spiro atoms. The molecule has 1 aliphatic carbocycles. The number of hydrogen-bond acceptors (Lipinski definition) is 3. The fraction of sp³-hybridized carbons (Fsp3) is 0.409. The molecule has 0 radical (unpaired) electrons. The highest BCUT2D eigenvalue weighted by atomic mass is 35.5. The number of benzene rings is 2. The van der Waals surface area contributed by atoms with Gasteiger partial charge in [-0.3, -0.25) is 4.79 Å². The van der Waals surface area contributed by atoms with E-state index in [4.69, 9.17) is 32.7 Å². The summed E-state index contributed by atoms with van der Waals surface area (Å²) < 4.78 is 12.0. The third kappa shape index (κ3) is 3.87. The van der Waals surface area contributed by atoms with E-state index in [1.165, 1.54) is 5.56 Å². The van der Waals surface area contributed by atoms with Crippen molar-refractivity contribution in [1.29, 1.82) is 0 Å². The molecular weight excluding hydrogens is 383 g/mol. The van der Waals surface area contributed by atoms with Gasteiger partial charge in [-0.1, -0.05) is 53.5 Å². The molecule has 0 N–H and O–H groups in total. The quantitative estimate of drug-likeness (QED) is 0.585. The van der Waals surface area contributed by atoms with E-state index in [0.717, 1.165) is 43.2 Å². The lowest BCUT2D eigenvalue weighted by atomic mass is 9.83. The van der Waals surface area contributed by atoms with Crippen LogP contribution in [0.4, 0.5) is 0 Å². The van der Waals surface area contributed by atoms with Crippen molar-refractivity contribution in [2.24, 2.45) is 0 Å². The first-order valence-corrected chi connectivity index (χ1v) is 10.2. The van der Waals surface area contributed by atoms with Crippen molar-refractivity contribution >= 4 is 29.2 Å². The van der Waals surface area contributed by atoms with Crippen LogP contribution in [-0.4, -0.2) is 12.6 Å². The first kappa shape index (κ1) is 18.8. The molecular formula is C22H22Cl2O3. The van der Waals surface area contributed by atoms with Gasteiger partial charge in [-0.15, -0.1) is 0 Å². The van der Waals surface area contributed by atoms with Crippen molar-refractivity contribution in [3.8, 4) is 0 Å². The average molecular weight is 405 g/mol. The van der Waals surface area contributed by atoms with Crippen LogP contribution in [0.2, 0.25) is 10.0 Å². The van der Waals surface area contributed by atoms with Crippen molar-refractivity contribution in [2.45, 2.75) is 50.2 Å². The molecule has 0 amide bonds. The fourth-order valence-corrected chi connectivity index (χ4v) is 4.47. The Balaban J connectivity index is 1.54. The maximum Gasteiger partial charge on any atom is 0.309 e. The van der Waals surface area contributed by atoms with Crippen LogP contribution >= 0.6 is 23.2 Å². The minimum Gasteiger partial charge on any atom is -0.457 e. The van der Waals surface area contributed by atoms with E-state index in [2.05, 4.69) is 6.07 Å².